The number of methoxy groups -OCH3 is 3. The average molecular weight is 585 g/mol. The molecule has 1 atom stereocenters. The Balaban J connectivity index is 2.27. The second-order valence-corrected chi connectivity index (χ2v) is 11.2. The lowest BCUT2D eigenvalue weighted by atomic mass is 9.88. The fourth-order valence-electron chi connectivity index (χ4n) is 3.67. The van der Waals surface area contributed by atoms with Crippen LogP contribution in [-0.2, 0) is 27.1 Å². The highest BCUT2D eigenvalue weighted by Gasteiger charge is 2.39. The van der Waals surface area contributed by atoms with Gasteiger partial charge in [0.25, 0.3) is 10.0 Å². The lowest BCUT2D eigenvalue weighted by Gasteiger charge is -2.22. The van der Waals surface area contributed by atoms with Crippen LogP contribution >= 0.6 is 0 Å². The van der Waals surface area contributed by atoms with E-state index in [0.29, 0.717) is 0 Å². The highest BCUT2D eigenvalue weighted by Crippen LogP contribution is 2.47. The van der Waals surface area contributed by atoms with Crippen molar-refractivity contribution in [1.82, 2.24) is 0 Å². The largest absolute Gasteiger partial charge is 0.493 e. The summed E-state index contributed by atoms with van der Waals surface area (Å²) in [5, 5.41) is 0. The smallest absolute Gasteiger partial charge is 0.416 e. The van der Waals surface area contributed by atoms with Crippen LogP contribution < -0.4 is 18.9 Å². The number of hydrogen-bond acceptors (Lipinski definition) is 7. The first-order chi connectivity index (χ1) is 17.8. The van der Waals surface area contributed by atoms with Crippen molar-refractivity contribution in [2.45, 2.75) is 44.1 Å². The minimum Gasteiger partial charge on any atom is -0.493 e. The van der Waals surface area contributed by atoms with Gasteiger partial charge in [-0.25, -0.2) is 13.4 Å². The van der Waals surface area contributed by atoms with E-state index < -0.39 is 44.1 Å². The predicted octanol–water partition coefficient (Wildman–Crippen LogP) is 5.74. The number of benzene rings is 2. The van der Waals surface area contributed by atoms with Gasteiger partial charge in [-0.05, 0) is 29.7 Å². The standard InChI is InChI=1S/C24H26F6N2O6S/c1-22(2,3)17-11-38-21(31-17)15-10-16(35-4)19(36-5)20(37-6)18(15)32-39(33,34)14-8-12(23(25,26)27)7-13(9-14)24(28,29)30/h7-10,17,32H,11H2,1-6H3/t17-/m0/s1. The van der Waals surface area contributed by atoms with E-state index in [4.69, 9.17) is 18.9 Å². The van der Waals surface area contributed by atoms with Gasteiger partial charge in [-0.15, -0.1) is 0 Å². The summed E-state index contributed by atoms with van der Waals surface area (Å²) in [5.41, 5.74) is -4.38. The van der Waals surface area contributed by atoms with E-state index in [1.807, 2.05) is 20.8 Å². The number of sulfonamides is 1. The highest BCUT2D eigenvalue weighted by molar-refractivity contribution is 7.92. The number of halogens is 6. The van der Waals surface area contributed by atoms with Crippen molar-refractivity contribution in [1.29, 1.82) is 0 Å². The van der Waals surface area contributed by atoms with E-state index in [0.717, 1.165) is 7.11 Å². The quantitative estimate of drug-likeness (QED) is 0.417. The lowest BCUT2D eigenvalue weighted by Crippen LogP contribution is -2.25. The van der Waals surface area contributed by atoms with Crippen LogP contribution in [0.25, 0.3) is 0 Å². The molecular formula is C24H26F6N2O6S. The molecule has 3 rings (SSSR count). The monoisotopic (exact) mass is 584 g/mol. The Kier molecular flexibility index (Phi) is 7.99. The summed E-state index contributed by atoms with van der Waals surface area (Å²) in [6.45, 7) is 5.83. The van der Waals surface area contributed by atoms with Gasteiger partial charge >= 0.3 is 12.4 Å². The molecule has 1 aliphatic heterocycles. The van der Waals surface area contributed by atoms with Crippen molar-refractivity contribution in [3.05, 3.63) is 41.0 Å². The number of aliphatic imine (C=N–C) groups is 1. The van der Waals surface area contributed by atoms with Crippen LogP contribution in [0.5, 0.6) is 17.2 Å². The Morgan fingerprint density at radius 2 is 1.41 bits per heavy atom. The fraction of sp³-hybridized carbons (Fsp3) is 0.458. The maximum absolute atomic E-state index is 13.4. The fourth-order valence-corrected chi connectivity index (χ4v) is 4.82. The van der Waals surface area contributed by atoms with Crippen LogP contribution in [-0.4, -0.2) is 48.3 Å². The van der Waals surface area contributed by atoms with Crippen LogP contribution in [0.3, 0.4) is 0 Å². The molecule has 0 amide bonds. The normalized spacial score (nSPS) is 16.4. The van der Waals surface area contributed by atoms with E-state index in [1.165, 1.54) is 20.3 Å². The van der Waals surface area contributed by atoms with Crippen molar-refractivity contribution >= 4 is 21.6 Å². The Morgan fingerprint density at radius 3 is 1.82 bits per heavy atom. The molecule has 0 saturated carbocycles. The molecule has 39 heavy (non-hydrogen) atoms. The van der Waals surface area contributed by atoms with Gasteiger partial charge in [-0.3, -0.25) is 4.72 Å². The molecule has 0 aromatic heterocycles. The van der Waals surface area contributed by atoms with Crippen molar-refractivity contribution in [2.24, 2.45) is 10.4 Å². The molecule has 2 aromatic carbocycles. The van der Waals surface area contributed by atoms with Gasteiger partial charge in [0, 0.05) is 0 Å². The molecule has 0 fully saturated rings. The van der Waals surface area contributed by atoms with Crippen LogP contribution in [0.2, 0.25) is 0 Å². The van der Waals surface area contributed by atoms with Crippen LogP contribution in [0.4, 0.5) is 32.0 Å². The third-order valence-corrected chi connectivity index (χ3v) is 7.15. The molecule has 8 nitrogen and oxygen atoms in total. The minimum absolute atomic E-state index is 0.0390. The summed E-state index contributed by atoms with van der Waals surface area (Å²) in [6.07, 6.45) is -10.5. The molecular weight excluding hydrogens is 558 g/mol. The van der Waals surface area contributed by atoms with Gasteiger partial charge < -0.3 is 18.9 Å². The summed E-state index contributed by atoms with van der Waals surface area (Å²) in [6, 6.07) is 0.979. The predicted molar refractivity (Wildman–Crippen MR) is 129 cm³/mol. The van der Waals surface area contributed by atoms with Gasteiger partial charge in [0.1, 0.15) is 12.3 Å². The van der Waals surface area contributed by atoms with Crippen molar-refractivity contribution in [3.8, 4) is 17.2 Å². The molecule has 15 heteroatoms. The first-order valence-corrected chi connectivity index (χ1v) is 12.7. The second kappa shape index (κ2) is 10.3. The Hall–Kier alpha value is -3.36. The topological polar surface area (TPSA) is 95.5 Å². The zero-order chi connectivity index (χ0) is 29.6. The molecule has 2 aromatic rings. The van der Waals surface area contributed by atoms with Gasteiger partial charge in [0.2, 0.25) is 11.6 Å². The summed E-state index contributed by atoms with van der Waals surface area (Å²) in [7, 11) is -1.42. The maximum Gasteiger partial charge on any atom is 0.416 e. The first kappa shape index (κ1) is 30.2. The van der Waals surface area contributed by atoms with Crippen molar-refractivity contribution in [3.63, 3.8) is 0 Å². The number of hydrogen-bond donors (Lipinski definition) is 1. The van der Waals surface area contributed by atoms with Gasteiger partial charge in [0.15, 0.2) is 11.5 Å². The zero-order valence-electron chi connectivity index (χ0n) is 21.7. The third kappa shape index (κ3) is 6.28. The van der Waals surface area contributed by atoms with E-state index >= 15 is 0 Å². The Labute approximate surface area is 221 Å². The molecule has 216 valence electrons. The summed E-state index contributed by atoms with van der Waals surface area (Å²) >= 11 is 0. The number of nitrogens with zero attached hydrogens (tertiary/aromatic N) is 1. The minimum atomic E-state index is -5.26. The third-order valence-electron chi connectivity index (χ3n) is 5.82. The van der Waals surface area contributed by atoms with E-state index in [2.05, 4.69) is 9.71 Å². The van der Waals surface area contributed by atoms with Crippen LogP contribution in [0.15, 0.2) is 34.2 Å². The molecule has 1 aliphatic rings. The number of nitrogens with one attached hydrogen (secondary N) is 1. The van der Waals surface area contributed by atoms with Gasteiger partial charge in [-0.1, -0.05) is 20.8 Å². The number of anilines is 1. The summed E-state index contributed by atoms with van der Waals surface area (Å²) in [5.74, 6) is -0.362. The van der Waals surface area contributed by atoms with E-state index in [9.17, 15) is 34.8 Å². The highest BCUT2D eigenvalue weighted by atomic mass is 32.2. The molecule has 1 heterocycles. The van der Waals surface area contributed by atoms with Crippen LogP contribution in [0, 0.1) is 5.41 Å². The molecule has 0 bridgehead atoms. The van der Waals surface area contributed by atoms with Gasteiger partial charge in [0.05, 0.1) is 49.0 Å². The Morgan fingerprint density at radius 1 is 0.872 bits per heavy atom. The number of rotatable bonds is 7. The second-order valence-electron chi connectivity index (χ2n) is 9.54. The molecule has 0 unspecified atom stereocenters. The summed E-state index contributed by atoms with van der Waals surface area (Å²) in [4.78, 5) is 3.22. The maximum atomic E-state index is 13.4. The van der Waals surface area contributed by atoms with Gasteiger partial charge in [-0.2, -0.15) is 26.3 Å². The Bertz CT molecular complexity index is 1350. The zero-order valence-corrected chi connectivity index (χ0v) is 22.5. The molecule has 1 N–H and O–H groups in total. The number of alkyl halides is 6. The number of ether oxygens (including phenoxy) is 4. The van der Waals surface area contributed by atoms with Crippen molar-refractivity contribution in [2.75, 3.05) is 32.7 Å². The molecule has 0 saturated heterocycles. The van der Waals surface area contributed by atoms with E-state index in [-0.39, 0.29) is 65.0 Å². The lowest BCUT2D eigenvalue weighted by molar-refractivity contribution is -0.143. The summed E-state index contributed by atoms with van der Waals surface area (Å²) < 4.78 is 131. The first-order valence-electron chi connectivity index (χ1n) is 11.2. The molecule has 0 radical (unpaired) electrons. The van der Waals surface area contributed by atoms with Crippen molar-refractivity contribution < 1.29 is 53.7 Å². The van der Waals surface area contributed by atoms with E-state index in [1.54, 1.807) is 0 Å². The SMILES string of the molecule is COc1cc(C2=N[C@H](C(C)(C)C)CO2)c(NS(=O)(=O)c2cc(C(F)(F)F)cc(C(F)(F)F)c2)c(OC)c1OC. The molecule has 0 aliphatic carbocycles. The molecule has 0 spiro atoms. The van der Waals surface area contributed by atoms with Crippen LogP contribution in [0.1, 0.15) is 37.5 Å². The average Bonchev–Trinajstić information content (AvgIpc) is 3.32.